The Kier molecular flexibility index (Phi) is 13.7. The van der Waals surface area contributed by atoms with Gasteiger partial charge >= 0.3 is 5.97 Å². The van der Waals surface area contributed by atoms with E-state index in [9.17, 15) is 4.79 Å². The Balaban J connectivity index is 3.29. The summed E-state index contributed by atoms with van der Waals surface area (Å²) in [6.45, 7) is 6.38. The number of hydrogen-bond donors (Lipinski definition) is 0. The molecule has 2 nitrogen and oxygen atoms in total. The Morgan fingerprint density at radius 1 is 0.950 bits per heavy atom. The SMILES string of the molecule is CC=C=C(C)C(=O)OCCCCCCCCCCCC. The average Bonchev–Trinajstić information content (AvgIpc) is 2.44. The van der Waals surface area contributed by atoms with Crippen LogP contribution in [-0.2, 0) is 9.53 Å². The van der Waals surface area contributed by atoms with E-state index >= 15 is 0 Å². The van der Waals surface area contributed by atoms with Gasteiger partial charge in [-0.25, -0.2) is 4.79 Å². The monoisotopic (exact) mass is 280 g/mol. The summed E-state index contributed by atoms with van der Waals surface area (Å²) in [7, 11) is 0. The van der Waals surface area contributed by atoms with Crippen molar-refractivity contribution >= 4 is 5.97 Å². The highest BCUT2D eigenvalue weighted by Gasteiger charge is 2.03. The Bertz CT molecular complexity index is 299. The minimum absolute atomic E-state index is 0.237. The van der Waals surface area contributed by atoms with Gasteiger partial charge in [0.05, 0.1) is 12.2 Å². The Hall–Kier alpha value is -1.01. The molecule has 0 aliphatic rings. The molecule has 0 aromatic carbocycles. The molecule has 116 valence electrons. The van der Waals surface area contributed by atoms with Gasteiger partial charge in [-0.15, -0.1) is 5.73 Å². The molecule has 0 aliphatic carbocycles. The largest absolute Gasteiger partial charge is 0.462 e. The van der Waals surface area contributed by atoms with E-state index in [-0.39, 0.29) is 5.97 Å². The van der Waals surface area contributed by atoms with Gasteiger partial charge in [-0.1, -0.05) is 64.7 Å². The summed E-state index contributed by atoms with van der Waals surface area (Å²) >= 11 is 0. The maximum Gasteiger partial charge on any atom is 0.341 e. The molecular weight excluding hydrogens is 248 g/mol. The molecule has 0 rings (SSSR count). The minimum Gasteiger partial charge on any atom is -0.462 e. The second-order valence-corrected chi connectivity index (χ2v) is 5.38. The number of rotatable bonds is 12. The van der Waals surface area contributed by atoms with E-state index in [1.165, 1.54) is 51.4 Å². The average molecular weight is 280 g/mol. The fourth-order valence-electron chi connectivity index (χ4n) is 2.14. The molecule has 0 atom stereocenters. The lowest BCUT2D eigenvalue weighted by molar-refractivity contribution is -0.139. The van der Waals surface area contributed by atoms with Crippen molar-refractivity contribution < 1.29 is 9.53 Å². The van der Waals surface area contributed by atoms with E-state index in [1.54, 1.807) is 13.0 Å². The summed E-state index contributed by atoms with van der Waals surface area (Å²) < 4.78 is 5.17. The van der Waals surface area contributed by atoms with E-state index in [4.69, 9.17) is 4.74 Å². The Morgan fingerprint density at radius 2 is 1.45 bits per heavy atom. The first-order valence-electron chi connectivity index (χ1n) is 8.27. The van der Waals surface area contributed by atoms with Gasteiger partial charge < -0.3 is 4.74 Å². The van der Waals surface area contributed by atoms with Crippen LogP contribution in [0.4, 0.5) is 0 Å². The van der Waals surface area contributed by atoms with Gasteiger partial charge in [0.15, 0.2) is 0 Å². The first-order chi connectivity index (χ1) is 9.72. The first kappa shape index (κ1) is 19.0. The quantitative estimate of drug-likeness (QED) is 0.202. The molecule has 0 spiro atoms. The van der Waals surface area contributed by atoms with Crippen LogP contribution in [0.25, 0.3) is 0 Å². The number of esters is 1. The molecule has 0 bridgehead atoms. The predicted molar refractivity (Wildman–Crippen MR) is 85.7 cm³/mol. The molecule has 0 saturated carbocycles. The summed E-state index contributed by atoms with van der Waals surface area (Å²) in [5.74, 6) is -0.237. The van der Waals surface area contributed by atoms with Crippen LogP contribution in [0.15, 0.2) is 17.4 Å². The third-order valence-electron chi connectivity index (χ3n) is 3.40. The van der Waals surface area contributed by atoms with Crippen LogP contribution in [0.3, 0.4) is 0 Å². The molecule has 0 aromatic heterocycles. The van der Waals surface area contributed by atoms with Crippen molar-refractivity contribution in [3.05, 3.63) is 17.4 Å². The second-order valence-electron chi connectivity index (χ2n) is 5.38. The van der Waals surface area contributed by atoms with Crippen molar-refractivity contribution in [2.45, 2.75) is 85.0 Å². The lowest BCUT2D eigenvalue weighted by atomic mass is 10.1. The van der Waals surface area contributed by atoms with Gasteiger partial charge in [-0.2, -0.15) is 0 Å². The fourth-order valence-corrected chi connectivity index (χ4v) is 2.14. The van der Waals surface area contributed by atoms with Gasteiger partial charge in [0.2, 0.25) is 0 Å². The standard InChI is InChI=1S/C18H32O2/c1-4-6-7-8-9-10-11-12-13-14-16-20-18(19)17(3)15-5-2/h5H,4,6-14,16H2,1-3H3. The highest BCUT2D eigenvalue weighted by atomic mass is 16.5. The maximum absolute atomic E-state index is 11.5. The second kappa shape index (κ2) is 14.4. The maximum atomic E-state index is 11.5. The molecule has 20 heavy (non-hydrogen) atoms. The highest BCUT2D eigenvalue weighted by molar-refractivity contribution is 5.87. The van der Waals surface area contributed by atoms with Crippen molar-refractivity contribution in [3.63, 3.8) is 0 Å². The third kappa shape index (κ3) is 12.0. The van der Waals surface area contributed by atoms with Crippen molar-refractivity contribution in [2.24, 2.45) is 0 Å². The van der Waals surface area contributed by atoms with E-state index in [1.807, 2.05) is 6.92 Å². The van der Waals surface area contributed by atoms with Crippen molar-refractivity contribution in [3.8, 4) is 0 Å². The zero-order chi connectivity index (χ0) is 15.1. The van der Waals surface area contributed by atoms with Crippen LogP contribution >= 0.6 is 0 Å². The van der Waals surface area contributed by atoms with Gasteiger partial charge in [-0.3, -0.25) is 0 Å². The molecule has 0 unspecified atom stereocenters. The fraction of sp³-hybridized carbons (Fsp3) is 0.778. The normalized spacial score (nSPS) is 9.95. The number of carbonyl (C=O) groups is 1. The first-order valence-corrected chi connectivity index (χ1v) is 8.27. The van der Waals surface area contributed by atoms with Crippen molar-refractivity contribution in [1.82, 2.24) is 0 Å². The molecule has 0 saturated heterocycles. The summed E-state index contributed by atoms with van der Waals surface area (Å²) in [5.41, 5.74) is 3.41. The third-order valence-corrected chi connectivity index (χ3v) is 3.40. The van der Waals surface area contributed by atoms with E-state index in [0.717, 1.165) is 12.8 Å². The summed E-state index contributed by atoms with van der Waals surface area (Å²) in [5, 5.41) is 0. The molecule has 0 aliphatic heterocycles. The predicted octanol–water partition coefficient (Wildman–Crippen LogP) is 5.57. The minimum atomic E-state index is -0.237. The molecule has 0 N–H and O–H groups in total. The smallest absolute Gasteiger partial charge is 0.341 e. The number of unbranched alkanes of at least 4 members (excludes halogenated alkanes) is 9. The van der Waals surface area contributed by atoms with Gasteiger partial charge in [0.25, 0.3) is 0 Å². The van der Waals surface area contributed by atoms with Crippen LogP contribution in [0, 0.1) is 0 Å². The lowest BCUT2D eigenvalue weighted by Gasteiger charge is -2.04. The highest BCUT2D eigenvalue weighted by Crippen LogP contribution is 2.10. The summed E-state index contributed by atoms with van der Waals surface area (Å²) in [6.07, 6.45) is 14.7. The van der Waals surface area contributed by atoms with Crippen LogP contribution in [-0.4, -0.2) is 12.6 Å². The number of hydrogen-bond acceptors (Lipinski definition) is 2. The van der Waals surface area contributed by atoms with Crippen molar-refractivity contribution in [1.29, 1.82) is 0 Å². The molecule has 0 amide bonds. The molecule has 0 aromatic rings. The molecular formula is C18H32O2. The molecule has 2 heteroatoms. The van der Waals surface area contributed by atoms with Crippen LogP contribution in [0.2, 0.25) is 0 Å². The Morgan fingerprint density at radius 3 is 1.95 bits per heavy atom. The molecule has 0 heterocycles. The van der Waals surface area contributed by atoms with Gasteiger partial charge in [-0.05, 0) is 26.3 Å². The van der Waals surface area contributed by atoms with E-state index in [2.05, 4.69) is 12.7 Å². The van der Waals surface area contributed by atoms with E-state index < -0.39 is 0 Å². The number of ether oxygens (including phenoxy) is 1. The van der Waals surface area contributed by atoms with Crippen LogP contribution in [0.5, 0.6) is 0 Å². The number of carbonyl (C=O) groups excluding carboxylic acids is 1. The zero-order valence-corrected chi connectivity index (χ0v) is 13.7. The van der Waals surface area contributed by atoms with Gasteiger partial charge in [0.1, 0.15) is 0 Å². The Labute approximate surface area is 125 Å². The zero-order valence-electron chi connectivity index (χ0n) is 13.7. The topological polar surface area (TPSA) is 26.3 Å². The molecule has 0 fully saturated rings. The molecule has 0 radical (unpaired) electrons. The summed E-state index contributed by atoms with van der Waals surface area (Å²) in [6, 6.07) is 0. The van der Waals surface area contributed by atoms with Gasteiger partial charge in [0, 0.05) is 0 Å². The van der Waals surface area contributed by atoms with Crippen molar-refractivity contribution in [2.75, 3.05) is 6.61 Å². The summed E-state index contributed by atoms with van der Waals surface area (Å²) in [4.78, 5) is 11.5. The van der Waals surface area contributed by atoms with E-state index in [0.29, 0.717) is 12.2 Å². The van der Waals surface area contributed by atoms with Crippen LogP contribution in [0.1, 0.15) is 85.0 Å². The van der Waals surface area contributed by atoms with Crippen LogP contribution < -0.4 is 0 Å². The lowest BCUT2D eigenvalue weighted by Crippen LogP contribution is -2.06.